The fraction of sp³-hybridized carbons (Fsp3) is 0.471. The first kappa shape index (κ1) is 14.8. The second-order valence-electron chi connectivity index (χ2n) is 5.86. The second kappa shape index (κ2) is 6.23. The number of rotatable bonds is 4. The van der Waals surface area contributed by atoms with Gasteiger partial charge in [-0.1, -0.05) is 31.7 Å². The fourth-order valence-electron chi connectivity index (χ4n) is 2.37. The number of hydrogen-bond acceptors (Lipinski definition) is 3. The molecule has 0 saturated heterocycles. The van der Waals surface area contributed by atoms with Gasteiger partial charge < -0.3 is 9.84 Å². The minimum atomic E-state index is -0.505. The molecule has 3 heteroatoms. The molecule has 1 unspecified atom stereocenters. The molecule has 1 fully saturated rings. The van der Waals surface area contributed by atoms with Gasteiger partial charge in [-0.3, -0.25) is 0 Å². The van der Waals surface area contributed by atoms with Gasteiger partial charge in [0.2, 0.25) is 0 Å². The van der Waals surface area contributed by atoms with E-state index in [4.69, 9.17) is 4.74 Å². The maximum atomic E-state index is 11.0. The third-order valence-electron chi connectivity index (χ3n) is 3.80. The zero-order valence-electron chi connectivity index (χ0n) is 12.1. The molecule has 0 amide bonds. The van der Waals surface area contributed by atoms with Gasteiger partial charge in [-0.25, -0.2) is 4.79 Å². The highest BCUT2D eigenvalue weighted by Crippen LogP contribution is 2.35. The number of aliphatic hydroxyl groups excluding tert-OH is 1. The molecular formula is C17H22O3. The lowest BCUT2D eigenvalue weighted by molar-refractivity contribution is -0.144. The van der Waals surface area contributed by atoms with E-state index in [0.717, 1.165) is 12.8 Å². The molecule has 0 spiro atoms. The summed E-state index contributed by atoms with van der Waals surface area (Å²) >= 11 is 0. The molecule has 0 aromatic heterocycles. The number of benzene rings is 1. The first-order chi connectivity index (χ1) is 9.47. The Bertz CT molecular complexity index is 483. The molecule has 0 heterocycles. The molecule has 1 saturated carbocycles. The van der Waals surface area contributed by atoms with Crippen LogP contribution in [-0.4, -0.2) is 23.8 Å². The summed E-state index contributed by atoms with van der Waals surface area (Å²) in [6.45, 7) is 7.32. The molecule has 0 radical (unpaired) electrons. The van der Waals surface area contributed by atoms with E-state index in [-0.39, 0.29) is 6.61 Å². The Labute approximate surface area is 120 Å². The minimum Gasteiger partial charge on any atom is -0.460 e. The molecule has 3 rings (SSSR count). The zero-order chi connectivity index (χ0) is 14.7. The van der Waals surface area contributed by atoms with Gasteiger partial charge in [0.25, 0.3) is 0 Å². The molecule has 0 aromatic carbocycles. The quantitative estimate of drug-likeness (QED) is 0.688. The van der Waals surface area contributed by atoms with Crippen molar-refractivity contribution in [2.75, 3.05) is 6.61 Å². The Balaban J connectivity index is 0.000000198. The molecule has 0 aromatic rings. The van der Waals surface area contributed by atoms with E-state index in [0.29, 0.717) is 17.4 Å². The standard InChI is InChI=1S/C11H18O3.C6H4/c1-7(2)11(13)14-6-10(12)9-4-8(3)5-9;1-2-5-4-6(5)3-1/h8-10,12H,1,4-6H2,2-3H3;1-4H. The van der Waals surface area contributed by atoms with Gasteiger partial charge in [0.15, 0.2) is 0 Å². The molecule has 1 atom stereocenters. The summed E-state index contributed by atoms with van der Waals surface area (Å²) in [7, 11) is 0. The van der Waals surface area contributed by atoms with Crippen LogP contribution in [0, 0.1) is 11.8 Å². The smallest absolute Gasteiger partial charge is 0.333 e. The average Bonchev–Trinajstić information content (AvgIpc) is 2.99. The first-order valence-corrected chi connectivity index (χ1v) is 7.08. The molecule has 1 N–H and O–H groups in total. The van der Waals surface area contributed by atoms with Gasteiger partial charge >= 0.3 is 5.97 Å². The van der Waals surface area contributed by atoms with Crippen molar-refractivity contribution < 1.29 is 14.6 Å². The zero-order valence-corrected chi connectivity index (χ0v) is 12.1. The summed E-state index contributed by atoms with van der Waals surface area (Å²) in [5.74, 6) is 0.589. The van der Waals surface area contributed by atoms with Crippen LogP contribution in [-0.2, 0) is 9.53 Å². The molecule has 0 bridgehead atoms. The van der Waals surface area contributed by atoms with E-state index in [1.165, 1.54) is 11.1 Å². The number of hydrogen-bond donors (Lipinski definition) is 1. The lowest BCUT2D eigenvalue weighted by atomic mass is 9.73. The second-order valence-corrected chi connectivity index (χ2v) is 5.86. The van der Waals surface area contributed by atoms with Gasteiger partial charge in [0, 0.05) is 5.57 Å². The van der Waals surface area contributed by atoms with Gasteiger partial charge in [0.1, 0.15) is 6.61 Å². The third-order valence-corrected chi connectivity index (χ3v) is 3.80. The van der Waals surface area contributed by atoms with E-state index < -0.39 is 12.1 Å². The Morgan fingerprint density at radius 1 is 1.45 bits per heavy atom. The van der Waals surface area contributed by atoms with Gasteiger partial charge in [-0.05, 0) is 48.8 Å². The summed E-state index contributed by atoms with van der Waals surface area (Å²) < 4.78 is 4.87. The molecular weight excluding hydrogens is 252 g/mol. The molecule has 3 nitrogen and oxygen atoms in total. The highest BCUT2D eigenvalue weighted by molar-refractivity contribution is 5.86. The van der Waals surface area contributed by atoms with E-state index >= 15 is 0 Å². The molecule has 3 aliphatic carbocycles. The SMILES string of the molecule is C=C(C)C(=O)OCC(O)C1CC(C)C1.c1cc2cc-2c1. The largest absolute Gasteiger partial charge is 0.460 e. The van der Waals surface area contributed by atoms with Crippen molar-refractivity contribution in [3.8, 4) is 11.1 Å². The van der Waals surface area contributed by atoms with Crippen molar-refractivity contribution >= 4 is 5.97 Å². The Morgan fingerprint density at radius 2 is 2.05 bits per heavy atom. The predicted octanol–water partition coefficient (Wildman–Crippen LogP) is 3.18. The van der Waals surface area contributed by atoms with E-state index in [2.05, 4.69) is 37.8 Å². The van der Waals surface area contributed by atoms with Crippen molar-refractivity contribution in [1.29, 1.82) is 0 Å². The molecule has 108 valence electrons. The Kier molecular flexibility index (Phi) is 4.61. The summed E-state index contributed by atoms with van der Waals surface area (Å²) in [6.07, 6.45) is 1.56. The van der Waals surface area contributed by atoms with Crippen LogP contribution in [0.2, 0.25) is 0 Å². The van der Waals surface area contributed by atoms with Crippen LogP contribution in [0.25, 0.3) is 11.1 Å². The lowest BCUT2D eigenvalue weighted by Crippen LogP contribution is -2.35. The van der Waals surface area contributed by atoms with Crippen LogP contribution in [0.5, 0.6) is 0 Å². The molecule has 20 heavy (non-hydrogen) atoms. The van der Waals surface area contributed by atoms with Crippen LogP contribution in [0.4, 0.5) is 0 Å². The van der Waals surface area contributed by atoms with Crippen LogP contribution >= 0.6 is 0 Å². The number of esters is 1. The lowest BCUT2D eigenvalue weighted by Gasteiger charge is -2.35. The third kappa shape index (κ3) is 3.94. The average molecular weight is 274 g/mol. The maximum Gasteiger partial charge on any atom is 0.333 e. The Hall–Kier alpha value is -1.61. The first-order valence-electron chi connectivity index (χ1n) is 7.08. The van der Waals surface area contributed by atoms with E-state index in [9.17, 15) is 9.90 Å². The minimum absolute atomic E-state index is 0.100. The maximum absolute atomic E-state index is 11.0. The van der Waals surface area contributed by atoms with E-state index in [1.807, 2.05) is 0 Å². The van der Waals surface area contributed by atoms with Crippen LogP contribution in [0.3, 0.4) is 0 Å². The number of carbonyl (C=O) groups excluding carboxylic acids is 1. The van der Waals surface area contributed by atoms with Crippen molar-refractivity contribution in [3.05, 3.63) is 36.4 Å². The monoisotopic (exact) mass is 274 g/mol. The summed E-state index contributed by atoms with van der Waals surface area (Å²) in [6, 6.07) is 8.48. The van der Waals surface area contributed by atoms with Crippen LogP contribution < -0.4 is 0 Å². The van der Waals surface area contributed by atoms with Crippen molar-refractivity contribution in [3.63, 3.8) is 0 Å². The number of aliphatic hydroxyl groups is 1. The van der Waals surface area contributed by atoms with Crippen LogP contribution in [0.1, 0.15) is 26.7 Å². The molecule has 0 aliphatic heterocycles. The van der Waals surface area contributed by atoms with Gasteiger partial charge in [-0.15, -0.1) is 0 Å². The summed E-state index contributed by atoms with van der Waals surface area (Å²) in [5.41, 5.74) is 3.23. The van der Waals surface area contributed by atoms with Crippen molar-refractivity contribution in [1.82, 2.24) is 0 Å². The van der Waals surface area contributed by atoms with Crippen LogP contribution in [0.15, 0.2) is 36.4 Å². The van der Waals surface area contributed by atoms with Crippen molar-refractivity contribution in [2.45, 2.75) is 32.8 Å². The fourth-order valence-corrected chi connectivity index (χ4v) is 2.37. The van der Waals surface area contributed by atoms with Crippen molar-refractivity contribution in [2.24, 2.45) is 11.8 Å². The van der Waals surface area contributed by atoms with Gasteiger partial charge in [0.05, 0.1) is 6.10 Å². The summed E-state index contributed by atoms with van der Waals surface area (Å²) in [4.78, 5) is 11.0. The number of ether oxygens (including phenoxy) is 1. The molecule has 3 aliphatic rings. The van der Waals surface area contributed by atoms with E-state index in [1.54, 1.807) is 6.92 Å². The predicted molar refractivity (Wildman–Crippen MR) is 79.1 cm³/mol. The van der Waals surface area contributed by atoms with Gasteiger partial charge in [-0.2, -0.15) is 0 Å². The topological polar surface area (TPSA) is 46.5 Å². The highest BCUT2D eigenvalue weighted by Gasteiger charge is 2.31. The normalized spacial score (nSPS) is 22.8. The Morgan fingerprint density at radius 3 is 2.40 bits per heavy atom. The summed E-state index contributed by atoms with van der Waals surface area (Å²) in [5, 5.41) is 9.61. The highest BCUT2D eigenvalue weighted by atomic mass is 16.5. The number of fused-ring (bicyclic) bond motifs is 1. The number of carbonyl (C=O) groups is 1.